The molecule has 0 saturated carbocycles. The van der Waals surface area contributed by atoms with Crippen molar-refractivity contribution >= 4 is 7.37 Å². The summed E-state index contributed by atoms with van der Waals surface area (Å²) in [5, 5.41) is 0. The van der Waals surface area contributed by atoms with Crippen LogP contribution >= 0.6 is 7.37 Å². The molecule has 0 aromatic heterocycles. The predicted molar refractivity (Wildman–Crippen MR) is 49.1 cm³/mol. The van der Waals surface area contributed by atoms with E-state index < -0.39 is 7.37 Å². The van der Waals surface area contributed by atoms with Gasteiger partial charge < -0.3 is 4.52 Å². The van der Waals surface area contributed by atoms with Crippen LogP contribution in [0.2, 0.25) is 0 Å². The average Bonchev–Trinajstić information content (AvgIpc) is 2.00. The minimum atomic E-state index is -2.47. The fraction of sp³-hybridized carbons (Fsp3) is 0.750. The lowest BCUT2D eigenvalue weighted by Gasteiger charge is -2.13. The third-order valence-corrected chi connectivity index (χ3v) is 3.37. The van der Waals surface area contributed by atoms with E-state index in [2.05, 4.69) is 6.58 Å². The molecule has 0 radical (unpaired) electrons. The Labute approximate surface area is 69.1 Å². The maximum Gasteiger partial charge on any atom is 0.224 e. The second-order valence-corrected chi connectivity index (χ2v) is 5.62. The first-order valence-electron chi connectivity index (χ1n) is 3.91. The van der Waals surface area contributed by atoms with Crippen LogP contribution in [0.15, 0.2) is 12.4 Å². The van der Waals surface area contributed by atoms with Crippen molar-refractivity contribution in [2.75, 3.05) is 12.8 Å². The summed E-state index contributed by atoms with van der Waals surface area (Å²) >= 11 is 0. The molecule has 0 fully saturated rings. The molecular formula is C8H17O2P. The first kappa shape index (κ1) is 10.9. The summed E-state index contributed by atoms with van der Waals surface area (Å²) in [6.07, 6.45) is 0.545. The lowest BCUT2D eigenvalue weighted by Crippen LogP contribution is -2.00. The van der Waals surface area contributed by atoms with Crippen LogP contribution in [0.4, 0.5) is 0 Å². The summed E-state index contributed by atoms with van der Waals surface area (Å²) in [6.45, 7) is 9.96. The maximum atomic E-state index is 11.5. The van der Waals surface area contributed by atoms with Gasteiger partial charge in [0.15, 0.2) is 0 Å². The molecule has 0 N–H and O–H groups in total. The third-order valence-electron chi connectivity index (χ3n) is 1.35. The van der Waals surface area contributed by atoms with E-state index in [0.717, 1.165) is 0 Å². The minimum absolute atomic E-state index is 0.426. The zero-order chi connectivity index (χ0) is 8.91. The molecule has 0 aromatic carbocycles. The van der Waals surface area contributed by atoms with Crippen LogP contribution < -0.4 is 0 Å². The quantitative estimate of drug-likeness (QED) is 0.601. The Morgan fingerprint density at radius 2 is 2.18 bits per heavy atom. The Hall–Kier alpha value is -0.0700. The Balaban J connectivity index is 3.89. The van der Waals surface area contributed by atoms with Crippen LogP contribution in [-0.4, -0.2) is 12.8 Å². The van der Waals surface area contributed by atoms with Crippen molar-refractivity contribution in [1.82, 2.24) is 0 Å². The van der Waals surface area contributed by atoms with Crippen LogP contribution in [0.5, 0.6) is 0 Å². The standard InChI is InChI=1S/C8H17O2P/c1-5-11(9,6-2)10-7-8(3)4/h5,8H,1,6-7H2,2-4H3. The van der Waals surface area contributed by atoms with Crippen molar-refractivity contribution in [1.29, 1.82) is 0 Å². The maximum absolute atomic E-state index is 11.5. The fourth-order valence-electron chi connectivity index (χ4n) is 0.548. The highest BCUT2D eigenvalue weighted by Gasteiger charge is 2.15. The SMILES string of the molecule is C=CP(=O)(CC)OCC(C)C. The molecule has 0 aliphatic rings. The molecule has 1 unspecified atom stereocenters. The van der Waals surface area contributed by atoms with E-state index in [1.54, 1.807) is 0 Å². The van der Waals surface area contributed by atoms with E-state index in [0.29, 0.717) is 18.7 Å². The summed E-state index contributed by atoms with van der Waals surface area (Å²) in [6, 6.07) is 0. The van der Waals surface area contributed by atoms with Crippen LogP contribution in [0.1, 0.15) is 20.8 Å². The summed E-state index contributed by atoms with van der Waals surface area (Å²) < 4.78 is 16.7. The monoisotopic (exact) mass is 176 g/mol. The molecule has 0 rings (SSSR count). The van der Waals surface area contributed by atoms with Gasteiger partial charge in [0.2, 0.25) is 7.37 Å². The molecule has 3 heteroatoms. The van der Waals surface area contributed by atoms with E-state index in [1.807, 2.05) is 20.8 Å². The van der Waals surface area contributed by atoms with Gasteiger partial charge in [-0.2, -0.15) is 0 Å². The molecule has 0 saturated heterocycles. The molecule has 0 amide bonds. The predicted octanol–water partition coefficient (Wildman–Crippen LogP) is 3.10. The van der Waals surface area contributed by atoms with Crippen molar-refractivity contribution in [2.45, 2.75) is 20.8 Å². The molecule has 0 aliphatic heterocycles. The summed E-state index contributed by atoms with van der Waals surface area (Å²) in [5.41, 5.74) is 0. The molecule has 0 spiro atoms. The van der Waals surface area contributed by atoms with E-state index in [9.17, 15) is 4.57 Å². The van der Waals surface area contributed by atoms with Crippen LogP contribution in [0.25, 0.3) is 0 Å². The van der Waals surface area contributed by atoms with Gasteiger partial charge in [-0.3, -0.25) is 4.57 Å². The summed E-state index contributed by atoms with van der Waals surface area (Å²) in [5.74, 6) is 1.87. The van der Waals surface area contributed by atoms with Gasteiger partial charge in [-0.15, -0.1) is 0 Å². The number of hydrogen-bond donors (Lipinski definition) is 0. The zero-order valence-electron chi connectivity index (χ0n) is 7.54. The van der Waals surface area contributed by atoms with E-state index in [1.165, 1.54) is 5.82 Å². The van der Waals surface area contributed by atoms with Gasteiger partial charge in [-0.25, -0.2) is 0 Å². The Kier molecular flexibility index (Phi) is 4.71. The Morgan fingerprint density at radius 1 is 1.64 bits per heavy atom. The fourth-order valence-corrected chi connectivity index (χ4v) is 1.64. The van der Waals surface area contributed by atoms with Gasteiger partial charge in [0.05, 0.1) is 6.61 Å². The zero-order valence-corrected chi connectivity index (χ0v) is 8.43. The lowest BCUT2D eigenvalue weighted by molar-refractivity contribution is 0.276. The molecule has 0 heterocycles. The smallest absolute Gasteiger partial charge is 0.224 e. The van der Waals surface area contributed by atoms with Gasteiger partial charge in [-0.05, 0) is 11.7 Å². The normalized spacial score (nSPS) is 16.4. The van der Waals surface area contributed by atoms with Crippen molar-refractivity contribution < 1.29 is 9.09 Å². The Morgan fingerprint density at radius 3 is 2.45 bits per heavy atom. The molecule has 0 aliphatic carbocycles. The molecular weight excluding hydrogens is 159 g/mol. The van der Waals surface area contributed by atoms with Gasteiger partial charge in [0.1, 0.15) is 0 Å². The largest absolute Gasteiger partial charge is 0.325 e. The highest BCUT2D eigenvalue weighted by Crippen LogP contribution is 2.47. The van der Waals surface area contributed by atoms with E-state index in [4.69, 9.17) is 4.52 Å². The number of hydrogen-bond acceptors (Lipinski definition) is 2. The van der Waals surface area contributed by atoms with Gasteiger partial charge in [-0.1, -0.05) is 27.4 Å². The molecule has 0 bridgehead atoms. The molecule has 2 nitrogen and oxygen atoms in total. The molecule has 1 atom stereocenters. The minimum Gasteiger partial charge on any atom is -0.325 e. The first-order valence-corrected chi connectivity index (χ1v) is 5.79. The van der Waals surface area contributed by atoms with Crippen molar-refractivity contribution in [2.24, 2.45) is 5.92 Å². The Bertz CT molecular complexity index is 163. The lowest BCUT2D eigenvalue weighted by atomic mass is 10.2. The van der Waals surface area contributed by atoms with Crippen molar-refractivity contribution in [3.05, 3.63) is 12.4 Å². The van der Waals surface area contributed by atoms with Crippen LogP contribution in [-0.2, 0) is 9.09 Å². The van der Waals surface area contributed by atoms with E-state index >= 15 is 0 Å². The third kappa shape index (κ3) is 4.39. The highest BCUT2D eigenvalue weighted by molar-refractivity contribution is 7.62. The van der Waals surface area contributed by atoms with Gasteiger partial charge in [0.25, 0.3) is 0 Å². The van der Waals surface area contributed by atoms with Gasteiger partial charge in [0, 0.05) is 6.16 Å². The van der Waals surface area contributed by atoms with Gasteiger partial charge >= 0.3 is 0 Å². The molecule has 0 aromatic rings. The first-order chi connectivity index (χ1) is 5.04. The second-order valence-electron chi connectivity index (χ2n) is 2.91. The van der Waals surface area contributed by atoms with Crippen LogP contribution in [0, 0.1) is 5.92 Å². The molecule has 11 heavy (non-hydrogen) atoms. The summed E-state index contributed by atoms with van der Waals surface area (Å²) in [4.78, 5) is 0. The van der Waals surface area contributed by atoms with Crippen LogP contribution in [0.3, 0.4) is 0 Å². The summed E-state index contributed by atoms with van der Waals surface area (Å²) in [7, 11) is -2.47. The van der Waals surface area contributed by atoms with Crippen molar-refractivity contribution in [3.8, 4) is 0 Å². The average molecular weight is 176 g/mol. The topological polar surface area (TPSA) is 26.3 Å². The van der Waals surface area contributed by atoms with E-state index in [-0.39, 0.29) is 0 Å². The number of rotatable bonds is 5. The van der Waals surface area contributed by atoms with Crippen molar-refractivity contribution in [3.63, 3.8) is 0 Å². The molecule has 66 valence electrons. The second kappa shape index (κ2) is 4.74. The highest BCUT2D eigenvalue weighted by atomic mass is 31.2.